The second kappa shape index (κ2) is 5.74. The van der Waals surface area contributed by atoms with E-state index in [1.807, 2.05) is 6.08 Å². The van der Waals surface area contributed by atoms with Crippen molar-refractivity contribution >= 4 is 28.3 Å². The van der Waals surface area contributed by atoms with Crippen molar-refractivity contribution in [3.8, 4) is 0 Å². The van der Waals surface area contributed by atoms with E-state index in [0.29, 0.717) is 6.04 Å². The smallest absolute Gasteiger partial charge is 0.134 e. The molecule has 0 saturated carbocycles. The van der Waals surface area contributed by atoms with Crippen molar-refractivity contribution in [2.75, 3.05) is 5.75 Å². The van der Waals surface area contributed by atoms with Crippen molar-refractivity contribution < 1.29 is 0 Å². The van der Waals surface area contributed by atoms with Crippen molar-refractivity contribution in [2.24, 2.45) is 0 Å². The van der Waals surface area contributed by atoms with Crippen LogP contribution in [0.25, 0.3) is 0 Å². The second-order valence-corrected chi connectivity index (χ2v) is 3.88. The van der Waals surface area contributed by atoms with Crippen LogP contribution in [-0.2, 0) is 0 Å². The zero-order chi connectivity index (χ0) is 7.98. The summed E-state index contributed by atoms with van der Waals surface area (Å²) in [5, 5.41) is 3.12. The number of thioether (sulfide) groups is 1. The van der Waals surface area contributed by atoms with Crippen LogP contribution < -0.4 is 5.32 Å². The van der Waals surface area contributed by atoms with Gasteiger partial charge in [-0.15, -0.1) is 6.58 Å². The average Bonchev–Trinajstić information content (AvgIpc) is 1.82. The lowest BCUT2D eigenvalue weighted by Crippen LogP contribution is -2.26. The van der Waals surface area contributed by atoms with Crippen molar-refractivity contribution in [1.82, 2.24) is 5.32 Å². The lowest BCUT2D eigenvalue weighted by atomic mass is 10.4. The highest BCUT2D eigenvalue weighted by molar-refractivity contribution is 8.23. The van der Waals surface area contributed by atoms with Crippen LogP contribution in [0.2, 0.25) is 0 Å². The van der Waals surface area contributed by atoms with E-state index in [1.165, 1.54) is 0 Å². The van der Waals surface area contributed by atoms with E-state index in [9.17, 15) is 0 Å². The fourth-order valence-electron chi connectivity index (χ4n) is 0.412. The zero-order valence-electron chi connectivity index (χ0n) is 6.39. The molecule has 0 radical (unpaired) electrons. The lowest BCUT2D eigenvalue weighted by Gasteiger charge is -2.08. The Labute approximate surface area is 72.3 Å². The molecule has 1 nitrogen and oxygen atoms in total. The number of nitrogens with one attached hydrogen (secondary N) is 1. The van der Waals surface area contributed by atoms with E-state index >= 15 is 0 Å². The highest BCUT2D eigenvalue weighted by Gasteiger charge is 1.96. The average molecular weight is 175 g/mol. The Bertz CT molecular complexity index is 121. The van der Waals surface area contributed by atoms with E-state index < -0.39 is 0 Å². The second-order valence-electron chi connectivity index (χ2n) is 2.19. The molecule has 0 aromatic rings. The third kappa shape index (κ3) is 6.11. The van der Waals surface area contributed by atoms with Crippen LogP contribution in [0.15, 0.2) is 12.7 Å². The Hall–Kier alpha value is -0.0200. The number of hydrogen-bond acceptors (Lipinski definition) is 2. The summed E-state index contributed by atoms with van der Waals surface area (Å²) in [4.78, 5) is 0. The van der Waals surface area contributed by atoms with Crippen molar-refractivity contribution in [1.29, 1.82) is 0 Å². The van der Waals surface area contributed by atoms with E-state index in [-0.39, 0.29) is 0 Å². The lowest BCUT2D eigenvalue weighted by molar-refractivity contribution is 0.746. The van der Waals surface area contributed by atoms with Crippen molar-refractivity contribution in [2.45, 2.75) is 19.9 Å². The first-order chi connectivity index (χ1) is 4.66. The van der Waals surface area contributed by atoms with Gasteiger partial charge in [0, 0.05) is 11.8 Å². The molecule has 10 heavy (non-hydrogen) atoms. The van der Waals surface area contributed by atoms with Gasteiger partial charge in [0.05, 0.1) is 0 Å². The van der Waals surface area contributed by atoms with E-state index in [1.54, 1.807) is 11.8 Å². The van der Waals surface area contributed by atoms with E-state index in [4.69, 9.17) is 12.2 Å². The van der Waals surface area contributed by atoms with Gasteiger partial charge in [0.15, 0.2) is 0 Å². The largest absolute Gasteiger partial charge is 0.369 e. The minimum absolute atomic E-state index is 0.435. The summed E-state index contributed by atoms with van der Waals surface area (Å²) in [7, 11) is 0. The van der Waals surface area contributed by atoms with Gasteiger partial charge in [-0.3, -0.25) is 0 Å². The Kier molecular flexibility index (Phi) is 5.73. The monoisotopic (exact) mass is 175 g/mol. The first kappa shape index (κ1) is 9.98. The summed E-state index contributed by atoms with van der Waals surface area (Å²) >= 11 is 6.61. The van der Waals surface area contributed by atoms with Gasteiger partial charge < -0.3 is 5.32 Å². The summed E-state index contributed by atoms with van der Waals surface area (Å²) in [6.45, 7) is 7.74. The molecule has 0 unspecified atom stereocenters. The van der Waals surface area contributed by atoms with Gasteiger partial charge in [0.2, 0.25) is 0 Å². The fourth-order valence-corrected chi connectivity index (χ4v) is 1.44. The van der Waals surface area contributed by atoms with Crippen LogP contribution in [0.4, 0.5) is 0 Å². The third-order valence-electron chi connectivity index (χ3n) is 0.739. The zero-order valence-corrected chi connectivity index (χ0v) is 8.02. The van der Waals surface area contributed by atoms with Crippen molar-refractivity contribution in [3.63, 3.8) is 0 Å². The molecule has 0 saturated heterocycles. The molecule has 58 valence electrons. The minimum Gasteiger partial charge on any atom is -0.369 e. The maximum absolute atomic E-state index is 5.00. The Morgan fingerprint density at radius 3 is 2.80 bits per heavy atom. The van der Waals surface area contributed by atoms with Crippen LogP contribution in [0.1, 0.15) is 13.8 Å². The molecule has 0 atom stereocenters. The Morgan fingerprint density at radius 2 is 2.40 bits per heavy atom. The standard InChI is InChI=1S/C7H13NS2/c1-4-5-10-7(9)8-6(2)3/h4,6H,1,5H2,2-3H3,(H,8,9). The van der Waals surface area contributed by atoms with E-state index in [0.717, 1.165) is 10.1 Å². The molecule has 0 rings (SSSR count). The molecule has 0 heterocycles. The summed E-state index contributed by atoms with van der Waals surface area (Å²) < 4.78 is 0.856. The first-order valence-corrected chi connectivity index (χ1v) is 4.60. The van der Waals surface area contributed by atoms with Gasteiger partial charge in [0.25, 0.3) is 0 Å². The molecule has 0 aliphatic rings. The summed E-state index contributed by atoms with van der Waals surface area (Å²) in [6, 6.07) is 0.435. The molecule has 1 N–H and O–H groups in total. The quantitative estimate of drug-likeness (QED) is 0.521. The maximum Gasteiger partial charge on any atom is 0.134 e. The molecule has 0 aromatic heterocycles. The molecule has 0 aromatic carbocycles. The van der Waals surface area contributed by atoms with E-state index in [2.05, 4.69) is 25.7 Å². The van der Waals surface area contributed by atoms with Crippen LogP contribution in [0.5, 0.6) is 0 Å². The summed E-state index contributed by atoms with van der Waals surface area (Å²) in [5.41, 5.74) is 0. The highest BCUT2D eigenvalue weighted by Crippen LogP contribution is 2.01. The molecule has 0 amide bonds. The minimum atomic E-state index is 0.435. The van der Waals surface area contributed by atoms with Gasteiger partial charge in [-0.05, 0) is 13.8 Å². The molecule has 0 bridgehead atoms. The van der Waals surface area contributed by atoms with Crippen LogP contribution >= 0.6 is 24.0 Å². The van der Waals surface area contributed by atoms with Gasteiger partial charge >= 0.3 is 0 Å². The topological polar surface area (TPSA) is 12.0 Å². The predicted molar refractivity (Wildman–Crippen MR) is 53.5 cm³/mol. The number of rotatable bonds is 3. The van der Waals surface area contributed by atoms with Gasteiger partial charge in [-0.25, -0.2) is 0 Å². The molecule has 0 aliphatic carbocycles. The predicted octanol–water partition coefficient (Wildman–Crippen LogP) is 2.19. The molecule has 0 spiro atoms. The molecular formula is C7H13NS2. The van der Waals surface area contributed by atoms with Crippen LogP contribution in [-0.4, -0.2) is 16.1 Å². The van der Waals surface area contributed by atoms with Gasteiger partial charge in [0.1, 0.15) is 4.32 Å². The third-order valence-corrected chi connectivity index (χ3v) is 1.99. The summed E-state index contributed by atoms with van der Waals surface area (Å²) in [6.07, 6.45) is 1.85. The molecule has 0 aliphatic heterocycles. The highest BCUT2D eigenvalue weighted by atomic mass is 32.2. The SMILES string of the molecule is C=CCSC(=S)NC(C)C. The van der Waals surface area contributed by atoms with Crippen LogP contribution in [0, 0.1) is 0 Å². The number of thiocarbonyl (C=S) groups is 1. The number of hydrogen-bond donors (Lipinski definition) is 1. The molecule has 0 fully saturated rings. The Morgan fingerprint density at radius 1 is 1.80 bits per heavy atom. The van der Waals surface area contributed by atoms with Gasteiger partial charge in [-0.1, -0.05) is 30.1 Å². The molecule has 3 heteroatoms. The van der Waals surface area contributed by atoms with Gasteiger partial charge in [-0.2, -0.15) is 0 Å². The maximum atomic E-state index is 5.00. The Balaban J connectivity index is 3.34. The van der Waals surface area contributed by atoms with Crippen LogP contribution in [0.3, 0.4) is 0 Å². The normalized spacial score (nSPS) is 9.50. The fraction of sp³-hybridized carbons (Fsp3) is 0.571. The molecular weight excluding hydrogens is 162 g/mol. The van der Waals surface area contributed by atoms with Crippen molar-refractivity contribution in [3.05, 3.63) is 12.7 Å². The first-order valence-electron chi connectivity index (χ1n) is 3.21. The summed E-state index contributed by atoms with van der Waals surface area (Å²) in [5.74, 6) is 0.887.